The number of esters is 1. The average Bonchev–Trinajstić information content (AvgIpc) is 2.95. The summed E-state index contributed by atoms with van der Waals surface area (Å²) in [6.45, 7) is 10.7. The Hall–Kier alpha value is -5.51. The lowest BCUT2D eigenvalue weighted by molar-refractivity contribution is -0.143. The van der Waals surface area contributed by atoms with Gasteiger partial charge < -0.3 is 25.2 Å². The van der Waals surface area contributed by atoms with Gasteiger partial charge >= 0.3 is 5.97 Å². The van der Waals surface area contributed by atoms with E-state index in [1.165, 1.54) is 6.08 Å². The maximum Gasteiger partial charge on any atom is 0.331 e. The number of fused-ring (bicyclic) bond motifs is 1. The third kappa shape index (κ3) is 6.19. The molecule has 0 unspecified atom stereocenters. The van der Waals surface area contributed by atoms with E-state index in [9.17, 15) is 44.4 Å². The molecule has 4 rings (SSSR count). The van der Waals surface area contributed by atoms with Crippen LogP contribution in [-0.2, 0) is 16.0 Å². The first-order chi connectivity index (χ1) is 21.5. The van der Waals surface area contributed by atoms with Gasteiger partial charge in [0, 0.05) is 34.8 Å². The number of allylic oxidation sites excluding steroid dienone is 4. The third-order valence-corrected chi connectivity index (χ3v) is 7.47. The minimum absolute atomic E-state index is 0.0409. The van der Waals surface area contributed by atoms with E-state index < -0.39 is 83.7 Å². The van der Waals surface area contributed by atoms with E-state index in [0.29, 0.717) is 5.57 Å². The molecule has 238 valence electrons. The van der Waals surface area contributed by atoms with Gasteiger partial charge in [0.05, 0.1) is 21.2 Å². The Bertz CT molecular complexity index is 2270. The molecule has 10 nitrogen and oxygen atoms in total. The van der Waals surface area contributed by atoms with Gasteiger partial charge in [-0.15, -0.1) is 0 Å². The molecule has 0 aromatic heterocycles. The SMILES string of the molecule is CC(C)=CCc1c([C@@H](CC=C(C)C)OC(=O)C=C(C)C)c(O)c2c(O)c(-c3cc(=O)c4c(=O)ccc(=O)c=4c3=O)cc(O)c2c1O. The molecule has 1 atom stereocenters. The van der Waals surface area contributed by atoms with Gasteiger partial charge in [-0.3, -0.25) is 19.2 Å². The Balaban J connectivity index is 2.18. The lowest BCUT2D eigenvalue weighted by atomic mass is 9.88. The Morgan fingerprint density at radius 3 is 1.91 bits per heavy atom. The lowest BCUT2D eigenvalue weighted by Crippen LogP contribution is -2.28. The first-order valence-corrected chi connectivity index (χ1v) is 14.4. The zero-order valence-electron chi connectivity index (χ0n) is 26.3. The molecule has 0 saturated heterocycles. The topological polar surface area (TPSA) is 175 Å². The second kappa shape index (κ2) is 12.8. The molecule has 4 N–H and O–H groups in total. The summed E-state index contributed by atoms with van der Waals surface area (Å²) in [5, 5.41) is 44.0. The summed E-state index contributed by atoms with van der Waals surface area (Å²) in [7, 11) is 0. The predicted octanol–water partition coefficient (Wildman–Crippen LogP) is 4.79. The van der Waals surface area contributed by atoms with Gasteiger partial charge in [-0.05, 0) is 72.2 Å². The van der Waals surface area contributed by atoms with Crippen molar-refractivity contribution < 1.29 is 30.0 Å². The summed E-state index contributed by atoms with van der Waals surface area (Å²) in [4.78, 5) is 64.1. The van der Waals surface area contributed by atoms with Crippen LogP contribution in [-0.4, -0.2) is 26.4 Å². The molecule has 2 aliphatic rings. The molecule has 0 spiro atoms. The fourth-order valence-corrected chi connectivity index (χ4v) is 5.37. The fourth-order valence-electron chi connectivity index (χ4n) is 5.37. The van der Waals surface area contributed by atoms with Crippen LogP contribution in [0.4, 0.5) is 0 Å². The van der Waals surface area contributed by atoms with Crippen molar-refractivity contribution in [2.75, 3.05) is 0 Å². The molecule has 0 heterocycles. The zero-order chi connectivity index (χ0) is 34.2. The second-order valence-corrected chi connectivity index (χ2v) is 11.8. The van der Waals surface area contributed by atoms with Gasteiger partial charge in [0.15, 0.2) is 21.7 Å². The zero-order valence-corrected chi connectivity index (χ0v) is 26.3. The van der Waals surface area contributed by atoms with Crippen LogP contribution in [0, 0.1) is 10.4 Å². The molecular weight excluding hydrogens is 592 g/mol. The van der Waals surface area contributed by atoms with E-state index in [1.54, 1.807) is 26.0 Å². The van der Waals surface area contributed by atoms with Gasteiger partial charge in [-0.1, -0.05) is 28.9 Å². The van der Waals surface area contributed by atoms with Gasteiger partial charge in [-0.25, -0.2) is 4.79 Å². The highest BCUT2D eigenvalue weighted by molar-refractivity contribution is 6.07. The number of aromatic hydroxyl groups is 4. The highest BCUT2D eigenvalue weighted by Gasteiger charge is 2.31. The van der Waals surface area contributed by atoms with Crippen LogP contribution in [0.15, 0.2) is 78.4 Å². The maximum absolute atomic E-state index is 13.5. The van der Waals surface area contributed by atoms with Crippen molar-refractivity contribution in [1.29, 1.82) is 0 Å². The molecule has 0 radical (unpaired) electrons. The maximum atomic E-state index is 13.5. The van der Waals surface area contributed by atoms with Crippen LogP contribution in [0.25, 0.3) is 21.9 Å². The summed E-state index contributed by atoms with van der Waals surface area (Å²) in [6.07, 6.45) is 3.71. The number of carbonyl (C=O) groups is 1. The van der Waals surface area contributed by atoms with Crippen molar-refractivity contribution >= 4 is 16.7 Å². The normalized spacial score (nSPS) is 11.7. The van der Waals surface area contributed by atoms with Crippen LogP contribution >= 0.6 is 0 Å². The average molecular weight is 627 g/mol. The van der Waals surface area contributed by atoms with E-state index in [0.717, 1.165) is 35.4 Å². The van der Waals surface area contributed by atoms with E-state index >= 15 is 0 Å². The Morgan fingerprint density at radius 2 is 1.33 bits per heavy atom. The largest absolute Gasteiger partial charge is 0.507 e. The number of phenolic OH excluding ortho intramolecular Hbond substituents is 4. The van der Waals surface area contributed by atoms with E-state index in [2.05, 4.69) is 0 Å². The summed E-state index contributed by atoms with van der Waals surface area (Å²) >= 11 is 0. The van der Waals surface area contributed by atoms with Crippen molar-refractivity contribution in [1.82, 2.24) is 0 Å². The number of benzene rings is 2. The molecule has 0 aliphatic heterocycles. The number of carbonyl (C=O) groups excluding carboxylic acids is 1. The Labute approximate surface area is 262 Å². The van der Waals surface area contributed by atoms with Crippen LogP contribution in [0.5, 0.6) is 23.0 Å². The van der Waals surface area contributed by atoms with Crippen molar-refractivity contribution in [3.8, 4) is 34.1 Å². The van der Waals surface area contributed by atoms with Crippen molar-refractivity contribution in [3.05, 3.63) is 122 Å². The number of phenols is 4. The van der Waals surface area contributed by atoms with Gasteiger partial charge in [0.2, 0.25) is 0 Å². The monoisotopic (exact) mass is 626 g/mol. The van der Waals surface area contributed by atoms with Gasteiger partial charge in [0.25, 0.3) is 0 Å². The highest BCUT2D eigenvalue weighted by Crippen LogP contribution is 2.53. The number of hydrogen-bond acceptors (Lipinski definition) is 10. The van der Waals surface area contributed by atoms with Gasteiger partial charge in [0.1, 0.15) is 29.1 Å². The third-order valence-electron chi connectivity index (χ3n) is 7.47. The minimum Gasteiger partial charge on any atom is -0.507 e. The van der Waals surface area contributed by atoms with Crippen molar-refractivity contribution in [3.63, 3.8) is 0 Å². The molecule has 2 aliphatic carbocycles. The van der Waals surface area contributed by atoms with Crippen LogP contribution in [0.1, 0.15) is 65.2 Å². The smallest absolute Gasteiger partial charge is 0.331 e. The summed E-state index contributed by atoms with van der Waals surface area (Å²) < 4.78 is 5.77. The van der Waals surface area contributed by atoms with E-state index in [-0.39, 0.29) is 29.4 Å². The summed E-state index contributed by atoms with van der Waals surface area (Å²) in [6, 6.07) is 3.44. The standard InChI is InChI=1S/C36H34O10/c1-16(2)7-9-19-28(26(12-8-17(3)4)46-27(41)13-18(5)6)36(45)32-31(33(19)42)25(40)15-21(35(32)44)20-14-24(39)29-22(37)10-11-23(38)30(29)34(20)43/h7-8,10-11,13-15,26,40,42,44-45H,9,12H2,1-6H3/t26-/m1/s1. The predicted molar refractivity (Wildman–Crippen MR) is 174 cm³/mol. The fraction of sp³-hybridized carbons (Fsp3) is 0.250. The Kier molecular flexibility index (Phi) is 9.32. The molecule has 2 aromatic carbocycles. The van der Waals surface area contributed by atoms with Crippen LogP contribution < -0.4 is 21.7 Å². The molecule has 2 aromatic rings. The van der Waals surface area contributed by atoms with E-state index in [1.807, 2.05) is 27.7 Å². The molecule has 10 heteroatoms. The molecule has 0 saturated carbocycles. The van der Waals surface area contributed by atoms with Crippen molar-refractivity contribution in [2.45, 2.75) is 60.5 Å². The lowest BCUT2D eigenvalue weighted by Gasteiger charge is -2.24. The van der Waals surface area contributed by atoms with Crippen LogP contribution in [0.2, 0.25) is 0 Å². The van der Waals surface area contributed by atoms with Crippen LogP contribution in [0.3, 0.4) is 0 Å². The summed E-state index contributed by atoms with van der Waals surface area (Å²) in [5.41, 5.74) is -2.21. The molecular formula is C36H34O10. The minimum atomic E-state index is -1.18. The van der Waals surface area contributed by atoms with Crippen molar-refractivity contribution in [2.24, 2.45) is 0 Å². The number of hydrogen-bond donors (Lipinski definition) is 4. The number of rotatable bonds is 8. The summed E-state index contributed by atoms with van der Waals surface area (Å²) in [5.74, 6) is -3.38. The first kappa shape index (κ1) is 33.4. The molecule has 0 bridgehead atoms. The first-order valence-electron chi connectivity index (χ1n) is 14.4. The molecule has 0 amide bonds. The number of ether oxygens (including phenoxy) is 1. The Morgan fingerprint density at radius 1 is 0.717 bits per heavy atom. The second-order valence-electron chi connectivity index (χ2n) is 11.8. The quantitative estimate of drug-likeness (QED) is 0.0921. The molecule has 0 fully saturated rings. The highest BCUT2D eigenvalue weighted by atomic mass is 16.5. The van der Waals surface area contributed by atoms with E-state index in [4.69, 9.17) is 4.74 Å². The molecule has 46 heavy (non-hydrogen) atoms. The van der Waals surface area contributed by atoms with Gasteiger partial charge in [-0.2, -0.15) is 0 Å².